The fraction of sp³-hybridized carbons (Fsp3) is 0.737. The largest absolute Gasteiger partial charge is 0.462 e. The minimum Gasteiger partial charge on any atom is -0.462 e. The number of nitrogens with one attached hydrogen (secondary N) is 2. The van der Waals surface area contributed by atoms with Crippen LogP contribution in [0, 0.1) is 11.8 Å². The summed E-state index contributed by atoms with van der Waals surface area (Å²) in [6, 6.07) is 0.238. The maximum atomic E-state index is 13.2. The van der Waals surface area contributed by atoms with Gasteiger partial charge in [-0.3, -0.25) is 28.2 Å². The standard InChI is InChI=1S/C19H30N3O9P/c1-10(2)7-13(18(25)30-11(3)4)21-32(27)28-8-12-14(9-29-32)31-17(16(12)24)22-6-5-15(23)20-19(22)26/h5-6,10-14,16-17,24H,7-9H2,1-4H3,(H,21,27)(H,20,23,26)/t12-,13?,14-,16-,17-,32?/m1/s1. The van der Waals surface area contributed by atoms with Crippen molar-refractivity contribution in [3.05, 3.63) is 33.1 Å². The van der Waals surface area contributed by atoms with Crippen LogP contribution in [0.4, 0.5) is 0 Å². The molecule has 0 aliphatic carbocycles. The number of rotatable bonds is 7. The van der Waals surface area contributed by atoms with Gasteiger partial charge in [0.15, 0.2) is 6.23 Å². The Labute approximate surface area is 184 Å². The van der Waals surface area contributed by atoms with E-state index in [0.717, 1.165) is 10.6 Å². The van der Waals surface area contributed by atoms with Crippen molar-refractivity contribution in [1.29, 1.82) is 0 Å². The number of aliphatic hydroxyl groups is 1. The van der Waals surface area contributed by atoms with Crippen LogP contribution in [0.3, 0.4) is 0 Å². The van der Waals surface area contributed by atoms with Crippen molar-refractivity contribution in [2.45, 2.75) is 64.7 Å². The van der Waals surface area contributed by atoms with Crippen molar-refractivity contribution in [3.63, 3.8) is 0 Å². The number of aliphatic hydroxyl groups excluding tert-OH is 1. The van der Waals surface area contributed by atoms with Gasteiger partial charge in [0.2, 0.25) is 0 Å². The Kier molecular flexibility index (Phi) is 7.74. The van der Waals surface area contributed by atoms with Gasteiger partial charge in [-0.25, -0.2) is 14.4 Å². The highest BCUT2D eigenvalue weighted by molar-refractivity contribution is 7.51. The number of aromatic nitrogens is 2. The number of carbonyl (C=O) groups is 1. The molecule has 32 heavy (non-hydrogen) atoms. The van der Waals surface area contributed by atoms with Crippen LogP contribution in [-0.4, -0.2) is 58.2 Å². The summed E-state index contributed by atoms with van der Waals surface area (Å²) >= 11 is 0. The van der Waals surface area contributed by atoms with Crippen LogP contribution in [0.25, 0.3) is 0 Å². The van der Waals surface area contributed by atoms with E-state index in [1.165, 1.54) is 6.20 Å². The van der Waals surface area contributed by atoms with Gasteiger partial charge in [0.1, 0.15) is 12.1 Å². The monoisotopic (exact) mass is 475 g/mol. The van der Waals surface area contributed by atoms with Gasteiger partial charge >= 0.3 is 19.4 Å². The van der Waals surface area contributed by atoms with E-state index in [4.69, 9.17) is 18.5 Å². The Balaban J connectivity index is 1.71. The highest BCUT2D eigenvalue weighted by atomic mass is 31.2. The molecule has 1 aromatic rings. The van der Waals surface area contributed by atoms with E-state index in [0.29, 0.717) is 6.42 Å². The van der Waals surface area contributed by atoms with Crippen molar-refractivity contribution in [1.82, 2.24) is 14.6 Å². The van der Waals surface area contributed by atoms with Gasteiger partial charge < -0.3 is 14.6 Å². The first kappa shape index (κ1) is 24.8. The molecular weight excluding hydrogens is 445 g/mol. The molecule has 13 heteroatoms. The van der Waals surface area contributed by atoms with Crippen molar-refractivity contribution in [2.24, 2.45) is 11.8 Å². The van der Waals surface area contributed by atoms with Gasteiger partial charge in [0, 0.05) is 18.2 Å². The van der Waals surface area contributed by atoms with E-state index in [9.17, 15) is 24.1 Å². The molecule has 0 aromatic carbocycles. The number of carbonyl (C=O) groups excluding carboxylic acids is 1. The molecule has 6 atom stereocenters. The summed E-state index contributed by atoms with van der Waals surface area (Å²) < 4.78 is 36.3. The number of ether oxygens (including phenoxy) is 2. The summed E-state index contributed by atoms with van der Waals surface area (Å²) in [5.41, 5.74) is -1.30. The van der Waals surface area contributed by atoms with Crippen LogP contribution >= 0.6 is 7.75 Å². The second-order valence-electron chi connectivity index (χ2n) is 8.62. The number of fused-ring (bicyclic) bond motifs is 1. The SMILES string of the molecule is CC(C)CC(NP1(=O)OC[C@H]2[C@@H](O)[C@H](n3ccc(=O)[nH]c3=O)O[C@@H]2CO1)C(=O)OC(C)C. The third-order valence-corrected chi connectivity index (χ3v) is 6.76. The topological polar surface area (TPSA) is 158 Å². The normalized spacial score (nSPS) is 31.3. The van der Waals surface area contributed by atoms with Crippen LogP contribution in [0.15, 0.2) is 21.9 Å². The zero-order valence-corrected chi connectivity index (χ0v) is 19.3. The third kappa shape index (κ3) is 5.75. The summed E-state index contributed by atoms with van der Waals surface area (Å²) in [7, 11) is -3.91. The molecule has 2 fully saturated rings. The average molecular weight is 475 g/mol. The second kappa shape index (κ2) is 9.98. The molecule has 2 aliphatic rings. The fourth-order valence-corrected chi connectivity index (χ4v) is 5.19. The molecular formula is C19H30N3O9P. The van der Waals surface area contributed by atoms with Crippen LogP contribution in [0.1, 0.15) is 40.3 Å². The molecule has 0 spiro atoms. The van der Waals surface area contributed by atoms with Crippen molar-refractivity contribution < 1.29 is 33.0 Å². The third-order valence-electron chi connectivity index (χ3n) is 5.15. The van der Waals surface area contributed by atoms with E-state index >= 15 is 0 Å². The van der Waals surface area contributed by atoms with Crippen LogP contribution in [-0.2, 0) is 27.9 Å². The molecule has 2 saturated heterocycles. The second-order valence-corrected chi connectivity index (χ2v) is 10.4. The lowest BCUT2D eigenvalue weighted by molar-refractivity contribution is -0.150. The number of hydrogen-bond donors (Lipinski definition) is 3. The quantitative estimate of drug-likeness (QED) is 0.375. The minimum atomic E-state index is -3.91. The molecule has 0 bridgehead atoms. The van der Waals surface area contributed by atoms with Crippen molar-refractivity contribution in [3.8, 4) is 0 Å². The fourth-order valence-electron chi connectivity index (χ4n) is 3.66. The summed E-state index contributed by atoms with van der Waals surface area (Å²) in [6.07, 6.45) is -1.74. The lowest BCUT2D eigenvalue weighted by Gasteiger charge is -2.25. The number of hydrogen-bond acceptors (Lipinski definition) is 9. The maximum absolute atomic E-state index is 13.2. The smallest absolute Gasteiger partial charge is 0.406 e. The average Bonchev–Trinajstić information content (AvgIpc) is 2.89. The van der Waals surface area contributed by atoms with Gasteiger partial charge in [-0.1, -0.05) is 13.8 Å². The van der Waals surface area contributed by atoms with Gasteiger partial charge in [-0.15, -0.1) is 0 Å². The molecule has 180 valence electrons. The molecule has 2 unspecified atom stereocenters. The predicted molar refractivity (Wildman–Crippen MR) is 112 cm³/mol. The Hall–Kier alpha value is -1.82. The molecule has 2 aliphatic heterocycles. The predicted octanol–water partition coefficient (Wildman–Crippen LogP) is 0.522. The summed E-state index contributed by atoms with van der Waals surface area (Å²) in [5.74, 6) is -1.11. The Morgan fingerprint density at radius 3 is 2.62 bits per heavy atom. The maximum Gasteiger partial charge on any atom is 0.406 e. The van der Waals surface area contributed by atoms with E-state index in [2.05, 4.69) is 10.1 Å². The Morgan fingerprint density at radius 2 is 2.00 bits per heavy atom. The summed E-state index contributed by atoms with van der Waals surface area (Å²) in [6.45, 7) is 6.86. The van der Waals surface area contributed by atoms with Gasteiger partial charge in [-0.05, 0) is 26.2 Å². The first-order chi connectivity index (χ1) is 15.0. The van der Waals surface area contributed by atoms with Gasteiger partial charge in [-0.2, -0.15) is 0 Å². The Morgan fingerprint density at radius 1 is 1.31 bits per heavy atom. The van der Waals surface area contributed by atoms with Crippen LogP contribution < -0.4 is 16.3 Å². The number of nitrogens with zero attached hydrogens (tertiary/aromatic N) is 1. The lowest BCUT2D eigenvalue weighted by Crippen LogP contribution is -2.39. The zero-order valence-electron chi connectivity index (χ0n) is 18.4. The van der Waals surface area contributed by atoms with E-state index in [-0.39, 0.29) is 25.2 Å². The number of aromatic amines is 1. The molecule has 0 saturated carbocycles. The van der Waals surface area contributed by atoms with Gasteiger partial charge in [0.25, 0.3) is 5.56 Å². The summed E-state index contributed by atoms with van der Waals surface area (Å²) in [4.78, 5) is 37.9. The highest BCUT2D eigenvalue weighted by Gasteiger charge is 2.49. The van der Waals surface area contributed by atoms with Crippen molar-refractivity contribution >= 4 is 13.7 Å². The molecule has 3 rings (SSSR count). The van der Waals surface area contributed by atoms with E-state index in [1.807, 2.05) is 13.8 Å². The highest BCUT2D eigenvalue weighted by Crippen LogP contribution is 2.50. The molecule has 3 heterocycles. The lowest BCUT2D eigenvalue weighted by atomic mass is 9.99. The van der Waals surface area contributed by atoms with Crippen LogP contribution in [0.2, 0.25) is 0 Å². The molecule has 0 radical (unpaired) electrons. The molecule has 12 nitrogen and oxygen atoms in total. The Bertz CT molecular complexity index is 975. The first-order valence-corrected chi connectivity index (χ1v) is 12.1. The molecule has 0 amide bonds. The van der Waals surface area contributed by atoms with E-state index in [1.54, 1.807) is 13.8 Å². The first-order valence-electron chi connectivity index (χ1n) is 10.5. The summed E-state index contributed by atoms with van der Waals surface area (Å²) in [5, 5.41) is 13.4. The number of H-pyrrole nitrogens is 1. The molecule has 1 aromatic heterocycles. The van der Waals surface area contributed by atoms with Gasteiger partial charge in [0.05, 0.1) is 25.4 Å². The van der Waals surface area contributed by atoms with Crippen molar-refractivity contribution in [2.75, 3.05) is 13.2 Å². The zero-order chi connectivity index (χ0) is 23.6. The van der Waals surface area contributed by atoms with E-state index < -0.39 is 55.4 Å². The number of esters is 1. The minimum absolute atomic E-state index is 0.103. The van der Waals surface area contributed by atoms with Crippen LogP contribution in [0.5, 0.6) is 0 Å². The molecule has 3 N–H and O–H groups in total.